The van der Waals surface area contributed by atoms with Crippen LogP contribution in [0.1, 0.15) is 11.7 Å². The van der Waals surface area contributed by atoms with Gasteiger partial charge in [-0.25, -0.2) is 0 Å². The lowest BCUT2D eigenvalue weighted by molar-refractivity contribution is -0.387. The van der Waals surface area contributed by atoms with Crippen LogP contribution >= 0.6 is 0 Å². The summed E-state index contributed by atoms with van der Waals surface area (Å²) in [5.74, 6) is -0.00565. The molecule has 0 saturated heterocycles. The summed E-state index contributed by atoms with van der Waals surface area (Å²) in [6, 6.07) is 2.78. The van der Waals surface area contributed by atoms with E-state index in [0.29, 0.717) is 0 Å². The SMILES string of the molecule is COc1ccc([N+](=O)[O-])c(C(O)C(F)(F)F)c1. The first-order valence-corrected chi connectivity index (χ1v) is 4.34. The standard InChI is InChI=1S/C9H8F3NO4/c1-17-5-2-3-7(13(15)16)6(4-5)8(14)9(10,11)12/h2-4,8,14H,1H3. The van der Waals surface area contributed by atoms with Crippen molar-refractivity contribution in [1.29, 1.82) is 0 Å². The Kier molecular flexibility index (Phi) is 3.56. The largest absolute Gasteiger partial charge is 0.497 e. The van der Waals surface area contributed by atoms with E-state index in [9.17, 15) is 23.3 Å². The summed E-state index contributed by atoms with van der Waals surface area (Å²) in [5.41, 5.74) is -1.66. The molecule has 0 heterocycles. The number of rotatable bonds is 3. The van der Waals surface area contributed by atoms with Crippen LogP contribution in [-0.2, 0) is 0 Å². The van der Waals surface area contributed by atoms with Gasteiger partial charge >= 0.3 is 6.18 Å². The summed E-state index contributed by atoms with van der Waals surface area (Å²) >= 11 is 0. The number of benzene rings is 1. The molecule has 0 aliphatic rings. The fourth-order valence-corrected chi connectivity index (χ4v) is 1.22. The van der Waals surface area contributed by atoms with E-state index in [2.05, 4.69) is 4.74 Å². The van der Waals surface area contributed by atoms with Crippen molar-refractivity contribution < 1.29 is 27.9 Å². The van der Waals surface area contributed by atoms with Crippen molar-refractivity contribution in [2.45, 2.75) is 12.3 Å². The van der Waals surface area contributed by atoms with E-state index in [4.69, 9.17) is 5.11 Å². The van der Waals surface area contributed by atoms with Crippen molar-refractivity contribution in [3.05, 3.63) is 33.9 Å². The molecular formula is C9H8F3NO4. The molecule has 0 bridgehead atoms. The van der Waals surface area contributed by atoms with Crippen molar-refractivity contribution in [3.63, 3.8) is 0 Å². The van der Waals surface area contributed by atoms with Crippen molar-refractivity contribution in [1.82, 2.24) is 0 Å². The Morgan fingerprint density at radius 2 is 2.06 bits per heavy atom. The molecule has 0 radical (unpaired) electrons. The molecule has 8 heteroatoms. The fourth-order valence-electron chi connectivity index (χ4n) is 1.22. The van der Waals surface area contributed by atoms with Gasteiger partial charge in [0, 0.05) is 6.07 Å². The molecule has 94 valence electrons. The Hall–Kier alpha value is -1.83. The number of hydrogen-bond acceptors (Lipinski definition) is 4. The molecule has 1 unspecified atom stereocenters. The van der Waals surface area contributed by atoms with Crippen molar-refractivity contribution in [2.75, 3.05) is 7.11 Å². The quantitative estimate of drug-likeness (QED) is 0.660. The van der Waals surface area contributed by atoms with Gasteiger partial charge in [0.25, 0.3) is 5.69 Å². The molecular weight excluding hydrogens is 243 g/mol. The van der Waals surface area contributed by atoms with E-state index in [0.717, 1.165) is 18.2 Å². The monoisotopic (exact) mass is 251 g/mol. The Labute approximate surface area is 93.6 Å². The molecule has 0 aliphatic heterocycles. The number of ether oxygens (including phenoxy) is 1. The highest BCUT2D eigenvalue weighted by Crippen LogP contribution is 2.38. The van der Waals surface area contributed by atoms with E-state index in [-0.39, 0.29) is 5.75 Å². The number of nitro benzene ring substituents is 1. The Morgan fingerprint density at radius 1 is 1.47 bits per heavy atom. The highest BCUT2D eigenvalue weighted by molar-refractivity contribution is 5.47. The predicted octanol–water partition coefficient (Wildman–Crippen LogP) is 2.20. The normalized spacial score (nSPS) is 13.2. The minimum Gasteiger partial charge on any atom is -0.497 e. The average Bonchev–Trinajstić information content (AvgIpc) is 2.25. The van der Waals surface area contributed by atoms with E-state index >= 15 is 0 Å². The van der Waals surface area contributed by atoms with Crippen LogP contribution < -0.4 is 4.74 Å². The molecule has 0 fully saturated rings. The minimum absolute atomic E-state index is 0.00565. The zero-order chi connectivity index (χ0) is 13.2. The van der Waals surface area contributed by atoms with Crippen LogP contribution in [0.4, 0.5) is 18.9 Å². The average molecular weight is 251 g/mol. The summed E-state index contributed by atoms with van der Waals surface area (Å²) in [7, 11) is 1.20. The van der Waals surface area contributed by atoms with Gasteiger partial charge in [0.05, 0.1) is 17.6 Å². The second kappa shape index (κ2) is 4.58. The van der Waals surface area contributed by atoms with E-state index in [1.165, 1.54) is 7.11 Å². The predicted molar refractivity (Wildman–Crippen MR) is 50.7 cm³/mol. The van der Waals surface area contributed by atoms with Gasteiger partial charge in [-0.1, -0.05) is 0 Å². The summed E-state index contributed by atoms with van der Waals surface area (Å²) in [4.78, 5) is 9.54. The van der Waals surface area contributed by atoms with Gasteiger partial charge in [-0.15, -0.1) is 0 Å². The minimum atomic E-state index is -4.98. The van der Waals surface area contributed by atoms with Gasteiger partial charge in [-0.05, 0) is 12.1 Å². The molecule has 1 aromatic rings. The van der Waals surface area contributed by atoms with E-state index < -0.39 is 28.5 Å². The highest BCUT2D eigenvalue weighted by atomic mass is 19.4. The number of methoxy groups -OCH3 is 1. The van der Waals surface area contributed by atoms with E-state index in [1.54, 1.807) is 0 Å². The van der Waals surface area contributed by atoms with E-state index in [1.807, 2.05) is 0 Å². The number of aliphatic hydroxyl groups is 1. The summed E-state index contributed by atoms with van der Waals surface area (Å²) < 4.78 is 41.6. The maximum Gasteiger partial charge on any atom is 0.418 e. The van der Waals surface area contributed by atoms with Gasteiger partial charge in [-0.2, -0.15) is 13.2 Å². The lowest BCUT2D eigenvalue weighted by Gasteiger charge is -2.15. The molecule has 0 saturated carbocycles. The van der Waals surface area contributed by atoms with Gasteiger partial charge in [0.2, 0.25) is 0 Å². The number of nitro groups is 1. The van der Waals surface area contributed by atoms with Crippen LogP contribution in [0.3, 0.4) is 0 Å². The molecule has 5 nitrogen and oxygen atoms in total. The van der Waals surface area contributed by atoms with Crippen LogP contribution in [0.25, 0.3) is 0 Å². The van der Waals surface area contributed by atoms with Crippen molar-refractivity contribution >= 4 is 5.69 Å². The molecule has 0 aliphatic carbocycles. The summed E-state index contributed by atoms with van der Waals surface area (Å²) in [6.45, 7) is 0. The molecule has 0 amide bonds. The maximum absolute atomic E-state index is 12.3. The fraction of sp³-hybridized carbons (Fsp3) is 0.333. The second-order valence-electron chi connectivity index (χ2n) is 3.13. The topological polar surface area (TPSA) is 72.6 Å². The number of hydrogen-bond donors (Lipinski definition) is 1. The van der Waals surface area contributed by atoms with Gasteiger partial charge < -0.3 is 9.84 Å². The Bertz CT molecular complexity index is 433. The number of aliphatic hydroxyl groups excluding tert-OH is 1. The third-order valence-electron chi connectivity index (χ3n) is 2.04. The maximum atomic E-state index is 12.3. The van der Waals surface area contributed by atoms with Gasteiger partial charge in [-0.3, -0.25) is 10.1 Å². The second-order valence-corrected chi connectivity index (χ2v) is 3.13. The molecule has 0 spiro atoms. The van der Waals surface area contributed by atoms with Crippen molar-refractivity contribution in [3.8, 4) is 5.75 Å². The first kappa shape index (κ1) is 13.2. The summed E-state index contributed by atoms with van der Waals surface area (Å²) in [6.07, 6.45) is -7.89. The van der Waals surface area contributed by atoms with Gasteiger partial charge in [0.1, 0.15) is 5.75 Å². The highest BCUT2D eigenvalue weighted by Gasteiger charge is 2.42. The number of alkyl halides is 3. The first-order valence-electron chi connectivity index (χ1n) is 4.34. The van der Waals surface area contributed by atoms with Crippen LogP contribution in [0.2, 0.25) is 0 Å². The molecule has 1 rings (SSSR count). The Morgan fingerprint density at radius 3 is 2.47 bits per heavy atom. The third-order valence-corrected chi connectivity index (χ3v) is 2.04. The summed E-state index contributed by atoms with van der Waals surface area (Å²) in [5, 5.41) is 19.6. The first-order chi connectivity index (χ1) is 7.77. The lowest BCUT2D eigenvalue weighted by atomic mass is 10.1. The van der Waals surface area contributed by atoms with Gasteiger partial charge in [0.15, 0.2) is 6.10 Å². The van der Waals surface area contributed by atoms with Crippen LogP contribution in [0.15, 0.2) is 18.2 Å². The molecule has 1 atom stereocenters. The van der Waals surface area contributed by atoms with Crippen LogP contribution in [0.5, 0.6) is 5.75 Å². The number of nitrogens with zero attached hydrogens (tertiary/aromatic N) is 1. The molecule has 1 N–H and O–H groups in total. The molecule has 0 aromatic heterocycles. The number of halogens is 3. The molecule has 1 aromatic carbocycles. The Balaban J connectivity index is 3.32. The smallest absolute Gasteiger partial charge is 0.418 e. The van der Waals surface area contributed by atoms with Crippen LogP contribution in [0, 0.1) is 10.1 Å². The molecule has 17 heavy (non-hydrogen) atoms. The zero-order valence-electron chi connectivity index (χ0n) is 8.56. The third kappa shape index (κ3) is 2.84. The lowest BCUT2D eigenvalue weighted by Crippen LogP contribution is -2.21. The van der Waals surface area contributed by atoms with Crippen molar-refractivity contribution in [2.24, 2.45) is 0 Å². The van der Waals surface area contributed by atoms with Crippen LogP contribution in [-0.4, -0.2) is 23.3 Å². The zero-order valence-corrected chi connectivity index (χ0v) is 8.56.